The Morgan fingerprint density at radius 3 is 3.17 bits per heavy atom. The van der Waals surface area contributed by atoms with Gasteiger partial charge in [0, 0.05) is 30.6 Å². The van der Waals surface area contributed by atoms with Crippen LogP contribution in [0.2, 0.25) is 0 Å². The summed E-state index contributed by atoms with van der Waals surface area (Å²) in [5.74, 6) is 0.638. The fourth-order valence-corrected chi connectivity index (χ4v) is 5.45. The summed E-state index contributed by atoms with van der Waals surface area (Å²) in [6, 6.07) is 3.78. The van der Waals surface area contributed by atoms with Gasteiger partial charge in [0.1, 0.15) is 15.9 Å². The van der Waals surface area contributed by atoms with E-state index in [1.807, 2.05) is 0 Å². The number of piperidine rings is 1. The number of thiazole rings is 1. The molecular formula is C15H15N5O2S. The van der Waals surface area contributed by atoms with Crippen LogP contribution in [0.1, 0.15) is 12.8 Å². The minimum absolute atomic E-state index is 0.115. The van der Waals surface area contributed by atoms with Crippen LogP contribution in [0.3, 0.4) is 0 Å². The lowest BCUT2D eigenvalue weighted by Gasteiger charge is -2.39. The third-order valence-electron chi connectivity index (χ3n) is 5.87. The lowest BCUT2D eigenvalue weighted by Crippen LogP contribution is -2.49. The van der Waals surface area contributed by atoms with E-state index in [1.54, 1.807) is 6.07 Å². The number of aliphatic imine (C=N–C) groups is 1. The van der Waals surface area contributed by atoms with E-state index in [4.69, 9.17) is 4.74 Å². The summed E-state index contributed by atoms with van der Waals surface area (Å²) in [5.41, 5.74) is 0.997. The summed E-state index contributed by atoms with van der Waals surface area (Å²) in [4.78, 5) is 26.5. The number of rotatable bonds is 1. The first-order valence-corrected chi connectivity index (χ1v) is 8.74. The lowest BCUT2D eigenvalue weighted by molar-refractivity contribution is 0.0433. The Balaban J connectivity index is 1.25. The molecule has 3 atom stereocenters. The van der Waals surface area contributed by atoms with E-state index in [0.717, 1.165) is 23.4 Å². The van der Waals surface area contributed by atoms with Gasteiger partial charge in [-0.15, -0.1) is 0 Å². The molecule has 2 aromatic rings. The number of hydrogen-bond donors (Lipinski definition) is 2. The van der Waals surface area contributed by atoms with Crippen molar-refractivity contribution in [3.63, 3.8) is 0 Å². The van der Waals surface area contributed by atoms with Gasteiger partial charge in [0.2, 0.25) is 5.56 Å². The van der Waals surface area contributed by atoms with E-state index in [9.17, 15) is 4.79 Å². The van der Waals surface area contributed by atoms with E-state index in [0.29, 0.717) is 22.6 Å². The highest BCUT2D eigenvalue weighted by Crippen LogP contribution is 2.67. The molecule has 0 aromatic carbocycles. The number of aromatic nitrogens is 2. The first-order valence-electron chi connectivity index (χ1n) is 7.92. The second kappa shape index (κ2) is 3.76. The van der Waals surface area contributed by atoms with Crippen LogP contribution in [0.15, 0.2) is 21.9 Å². The zero-order valence-corrected chi connectivity index (χ0v) is 13.2. The SMILES string of the molecule is O=c1ccc2nc(NC3=NC[C@@]4(CN5CCC56CC64)O3)sc2[nH]1. The molecule has 8 heteroatoms. The minimum Gasteiger partial charge on any atom is -0.455 e. The van der Waals surface area contributed by atoms with E-state index >= 15 is 0 Å². The van der Waals surface area contributed by atoms with Crippen molar-refractivity contribution in [3.8, 4) is 0 Å². The molecule has 2 aromatic heterocycles. The molecule has 2 saturated heterocycles. The van der Waals surface area contributed by atoms with Gasteiger partial charge >= 0.3 is 0 Å². The zero-order chi connectivity index (χ0) is 15.2. The summed E-state index contributed by atoms with van der Waals surface area (Å²) in [6.45, 7) is 2.94. The molecule has 0 radical (unpaired) electrons. The quantitative estimate of drug-likeness (QED) is 0.816. The summed E-state index contributed by atoms with van der Waals surface area (Å²) < 4.78 is 6.26. The Bertz CT molecular complexity index is 935. The maximum absolute atomic E-state index is 11.4. The van der Waals surface area contributed by atoms with Crippen molar-refractivity contribution in [1.29, 1.82) is 0 Å². The molecule has 7 nitrogen and oxygen atoms in total. The topological polar surface area (TPSA) is 82.6 Å². The van der Waals surface area contributed by atoms with Gasteiger partial charge in [-0.3, -0.25) is 15.0 Å². The molecule has 1 aliphatic carbocycles. The van der Waals surface area contributed by atoms with Crippen molar-refractivity contribution in [2.45, 2.75) is 24.0 Å². The van der Waals surface area contributed by atoms with E-state index < -0.39 is 0 Å². The summed E-state index contributed by atoms with van der Waals surface area (Å²) in [5, 5.41) is 3.88. The Morgan fingerprint density at radius 2 is 2.43 bits per heavy atom. The molecule has 2 N–H and O–H groups in total. The number of H-pyrrole nitrogens is 1. The van der Waals surface area contributed by atoms with Gasteiger partial charge in [-0.2, -0.15) is 0 Å². The highest BCUT2D eigenvalue weighted by molar-refractivity contribution is 7.21. The Morgan fingerprint density at radius 1 is 1.48 bits per heavy atom. The number of hydrogen-bond acceptors (Lipinski definition) is 7. The van der Waals surface area contributed by atoms with E-state index in [2.05, 4.69) is 25.2 Å². The number of aromatic amines is 1. The number of ether oxygens (including phenoxy) is 1. The van der Waals surface area contributed by atoms with Crippen LogP contribution in [-0.2, 0) is 4.74 Å². The number of nitrogens with zero attached hydrogens (tertiary/aromatic N) is 3. The molecule has 3 aliphatic heterocycles. The maximum atomic E-state index is 11.4. The Kier molecular flexibility index (Phi) is 2.04. The summed E-state index contributed by atoms with van der Waals surface area (Å²) >= 11 is 1.40. The van der Waals surface area contributed by atoms with E-state index in [1.165, 1.54) is 36.8 Å². The van der Waals surface area contributed by atoms with Gasteiger partial charge in [0.15, 0.2) is 5.13 Å². The van der Waals surface area contributed by atoms with E-state index in [-0.39, 0.29) is 11.2 Å². The molecule has 0 amide bonds. The van der Waals surface area contributed by atoms with Crippen LogP contribution < -0.4 is 10.9 Å². The van der Waals surface area contributed by atoms with Crippen molar-refractivity contribution < 1.29 is 4.74 Å². The molecule has 5 heterocycles. The smallest absolute Gasteiger partial charge is 0.291 e. The van der Waals surface area contributed by atoms with Crippen LogP contribution in [0.5, 0.6) is 0 Å². The molecule has 0 bridgehead atoms. The largest absolute Gasteiger partial charge is 0.455 e. The standard InChI is InChI=1S/C15H15N5O2S/c21-10-2-1-8-11(18-10)23-13(17-8)19-12-16-6-15(22-12)7-20-4-3-14(20)5-9(14)15/h1-2,9H,3-7H2,(H,18,21)(H,16,17,19)/t9?,14?,15-/m0/s1. The zero-order valence-electron chi connectivity index (χ0n) is 12.3. The summed E-state index contributed by atoms with van der Waals surface area (Å²) in [6.07, 6.45) is 2.58. The van der Waals surface area contributed by atoms with Gasteiger partial charge in [-0.05, 0) is 18.9 Å². The van der Waals surface area contributed by atoms with Crippen molar-refractivity contribution in [3.05, 3.63) is 22.5 Å². The molecule has 4 aliphatic rings. The summed E-state index contributed by atoms with van der Waals surface area (Å²) in [7, 11) is 0. The lowest BCUT2D eigenvalue weighted by atomic mass is 9.98. The molecular weight excluding hydrogens is 314 g/mol. The molecule has 6 rings (SSSR count). The van der Waals surface area contributed by atoms with Gasteiger partial charge in [-0.25, -0.2) is 9.98 Å². The highest BCUT2D eigenvalue weighted by atomic mass is 32.1. The molecule has 2 spiro atoms. The van der Waals surface area contributed by atoms with Crippen molar-refractivity contribution >= 4 is 32.8 Å². The van der Waals surface area contributed by atoms with Gasteiger partial charge in [0.25, 0.3) is 6.02 Å². The number of amidine groups is 1. The molecule has 1 saturated carbocycles. The number of anilines is 1. The fraction of sp³-hybridized carbons (Fsp3) is 0.533. The van der Waals surface area contributed by atoms with Crippen LogP contribution in [0, 0.1) is 5.92 Å². The van der Waals surface area contributed by atoms with Crippen LogP contribution in [-0.4, -0.2) is 51.7 Å². The van der Waals surface area contributed by atoms with Crippen molar-refractivity contribution in [1.82, 2.24) is 14.9 Å². The monoisotopic (exact) mass is 329 g/mol. The highest BCUT2D eigenvalue weighted by Gasteiger charge is 2.77. The number of pyridine rings is 1. The van der Waals surface area contributed by atoms with Gasteiger partial charge < -0.3 is 9.72 Å². The molecule has 3 fully saturated rings. The average molecular weight is 329 g/mol. The number of fused-ring (bicyclic) bond motifs is 2. The van der Waals surface area contributed by atoms with Crippen LogP contribution in [0.4, 0.5) is 5.13 Å². The first-order chi connectivity index (χ1) is 11.2. The van der Waals surface area contributed by atoms with Crippen LogP contribution >= 0.6 is 11.3 Å². The number of nitrogens with one attached hydrogen (secondary N) is 2. The predicted molar refractivity (Wildman–Crippen MR) is 87.0 cm³/mol. The second-order valence-corrected chi connectivity index (χ2v) is 8.00. The Labute approximate surface area is 135 Å². The van der Waals surface area contributed by atoms with Crippen molar-refractivity contribution in [2.75, 3.05) is 25.0 Å². The molecule has 23 heavy (non-hydrogen) atoms. The average Bonchev–Trinajstić information content (AvgIpc) is 2.97. The van der Waals surface area contributed by atoms with Gasteiger partial charge in [-0.1, -0.05) is 11.3 Å². The maximum Gasteiger partial charge on any atom is 0.291 e. The second-order valence-electron chi connectivity index (χ2n) is 7.00. The third kappa shape index (κ3) is 1.50. The minimum atomic E-state index is -0.121. The van der Waals surface area contributed by atoms with Crippen LogP contribution in [0.25, 0.3) is 10.3 Å². The normalized spacial score (nSPS) is 37.2. The first kappa shape index (κ1) is 12.5. The Hall–Kier alpha value is -1.93. The fourth-order valence-electron chi connectivity index (χ4n) is 4.60. The molecule has 118 valence electrons. The molecule has 2 unspecified atom stereocenters. The third-order valence-corrected chi connectivity index (χ3v) is 6.77. The van der Waals surface area contributed by atoms with Gasteiger partial charge in [0.05, 0.1) is 6.54 Å². The predicted octanol–water partition coefficient (Wildman–Crippen LogP) is 0.999. The van der Waals surface area contributed by atoms with Crippen molar-refractivity contribution in [2.24, 2.45) is 10.9 Å².